The van der Waals surface area contributed by atoms with Crippen molar-refractivity contribution in [3.8, 4) is 16.9 Å². The zero-order chi connectivity index (χ0) is 24.4. The number of benzene rings is 2. The van der Waals surface area contributed by atoms with E-state index in [4.69, 9.17) is 21.3 Å². The first kappa shape index (κ1) is 24.0. The van der Waals surface area contributed by atoms with Crippen molar-refractivity contribution < 1.29 is 14.6 Å². The van der Waals surface area contributed by atoms with Gasteiger partial charge in [-0.25, -0.2) is 9.78 Å². The normalized spacial score (nSPS) is 15.3. The van der Waals surface area contributed by atoms with E-state index in [1.54, 1.807) is 34.9 Å². The maximum absolute atomic E-state index is 13.3. The Morgan fingerprint density at radius 3 is 2.79 bits per heavy atom. The third kappa shape index (κ3) is 5.00. The molecule has 7 nitrogen and oxygen atoms in total. The van der Waals surface area contributed by atoms with Crippen molar-refractivity contribution in [2.45, 2.75) is 38.8 Å². The van der Waals surface area contributed by atoms with Gasteiger partial charge in [0, 0.05) is 22.2 Å². The van der Waals surface area contributed by atoms with Crippen molar-refractivity contribution in [1.82, 2.24) is 14.5 Å². The monoisotopic (exact) mass is 481 g/mol. The lowest BCUT2D eigenvalue weighted by Crippen LogP contribution is -2.39. The molecule has 178 valence electrons. The number of hydrogen-bond donors (Lipinski definition) is 1. The molecule has 0 fully saturated rings. The first-order valence-electron chi connectivity index (χ1n) is 11.3. The van der Waals surface area contributed by atoms with Crippen molar-refractivity contribution in [2.24, 2.45) is 0 Å². The van der Waals surface area contributed by atoms with Crippen LogP contribution in [0, 0.1) is 6.92 Å². The molecule has 1 N–H and O–H groups in total. The predicted molar refractivity (Wildman–Crippen MR) is 132 cm³/mol. The molecule has 1 aromatic heterocycles. The van der Waals surface area contributed by atoms with E-state index >= 15 is 0 Å². The molecule has 8 heteroatoms. The Morgan fingerprint density at radius 2 is 2.06 bits per heavy atom. The largest absolute Gasteiger partial charge is 0.491 e. The van der Waals surface area contributed by atoms with Crippen LogP contribution in [0.3, 0.4) is 0 Å². The number of aromatic nitrogens is 2. The Kier molecular flexibility index (Phi) is 7.05. The molecule has 3 aromatic rings. The number of nitrogens with zero attached hydrogens (tertiary/aromatic N) is 3. The fraction of sp³-hybridized carbons (Fsp3) is 0.346. The topological polar surface area (TPSA) is 84.7 Å². The molecule has 1 aliphatic carbocycles. The highest BCUT2D eigenvalue weighted by atomic mass is 35.5. The highest BCUT2D eigenvalue weighted by molar-refractivity contribution is 6.31. The molecule has 0 spiro atoms. The van der Waals surface area contributed by atoms with Crippen LogP contribution >= 0.6 is 11.6 Å². The van der Waals surface area contributed by atoms with Crippen LogP contribution in [0.4, 0.5) is 0 Å². The maximum atomic E-state index is 13.3. The minimum Gasteiger partial charge on any atom is -0.491 e. The first-order valence-corrected chi connectivity index (χ1v) is 11.6. The van der Waals surface area contributed by atoms with Gasteiger partial charge in [0.1, 0.15) is 18.2 Å². The molecule has 0 saturated heterocycles. The predicted octanol–water partition coefficient (Wildman–Crippen LogP) is 4.07. The maximum Gasteiger partial charge on any atom is 0.335 e. The van der Waals surface area contributed by atoms with E-state index < -0.39 is 5.97 Å². The van der Waals surface area contributed by atoms with Crippen LogP contribution in [0.1, 0.15) is 33.9 Å². The van der Waals surface area contributed by atoms with Crippen LogP contribution in [-0.2, 0) is 19.4 Å². The molecule has 1 aliphatic rings. The number of fused-ring (bicyclic) bond motifs is 1. The van der Waals surface area contributed by atoms with E-state index in [2.05, 4.69) is 4.90 Å². The van der Waals surface area contributed by atoms with Gasteiger partial charge < -0.3 is 14.7 Å². The highest BCUT2D eigenvalue weighted by Crippen LogP contribution is 2.33. The summed E-state index contributed by atoms with van der Waals surface area (Å²) in [6, 6.07) is 12.2. The lowest BCUT2D eigenvalue weighted by Gasteiger charge is -2.29. The third-order valence-electron chi connectivity index (χ3n) is 6.36. The molecule has 0 aliphatic heterocycles. The van der Waals surface area contributed by atoms with Gasteiger partial charge in [-0.1, -0.05) is 23.7 Å². The Morgan fingerprint density at radius 1 is 1.26 bits per heavy atom. The second-order valence-corrected chi connectivity index (χ2v) is 9.21. The van der Waals surface area contributed by atoms with Crippen molar-refractivity contribution in [1.29, 1.82) is 0 Å². The fourth-order valence-electron chi connectivity index (χ4n) is 4.43. The molecule has 4 rings (SSSR count). The van der Waals surface area contributed by atoms with Crippen LogP contribution in [0.15, 0.2) is 47.3 Å². The molecule has 1 heterocycles. The smallest absolute Gasteiger partial charge is 0.335 e. The van der Waals surface area contributed by atoms with Crippen LogP contribution in [-0.4, -0.2) is 52.3 Å². The Bertz CT molecular complexity index is 1290. The number of likely N-dealkylation sites (N-methyl/N-ethyl adjacent to an activating group) is 1. The van der Waals surface area contributed by atoms with Gasteiger partial charge in [-0.05, 0) is 76.2 Å². The van der Waals surface area contributed by atoms with Crippen molar-refractivity contribution >= 4 is 17.6 Å². The molecule has 34 heavy (non-hydrogen) atoms. The Labute approximate surface area is 203 Å². The second kappa shape index (κ2) is 9.99. The number of aromatic carboxylic acids is 1. The van der Waals surface area contributed by atoms with Gasteiger partial charge in [0.25, 0.3) is 5.56 Å². The number of carboxylic acid groups (broad SMARTS) is 1. The van der Waals surface area contributed by atoms with E-state index in [1.165, 1.54) is 6.07 Å². The zero-order valence-electron chi connectivity index (χ0n) is 19.5. The summed E-state index contributed by atoms with van der Waals surface area (Å²) in [6.45, 7) is 2.46. The van der Waals surface area contributed by atoms with E-state index in [0.717, 1.165) is 24.1 Å². The molecule has 1 atom stereocenters. The number of ether oxygens (including phenoxy) is 1. The highest BCUT2D eigenvalue weighted by Gasteiger charge is 2.25. The van der Waals surface area contributed by atoms with E-state index in [-0.39, 0.29) is 17.7 Å². The van der Waals surface area contributed by atoms with Gasteiger partial charge in [0.15, 0.2) is 0 Å². The minimum atomic E-state index is -1.00. The van der Waals surface area contributed by atoms with Crippen molar-refractivity contribution in [2.75, 3.05) is 20.7 Å². The van der Waals surface area contributed by atoms with Gasteiger partial charge in [-0.3, -0.25) is 9.36 Å². The summed E-state index contributed by atoms with van der Waals surface area (Å²) in [6.07, 6.45) is 2.52. The molecule has 0 amide bonds. The van der Waals surface area contributed by atoms with Crippen LogP contribution < -0.4 is 10.3 Å². The summed E-state index contributed by atoms with van der Waals surface area (Å²) >= 11 is 6.21. The average Bonchev–Trinajstić information content (AvgIpc) is 2.81. The van der Waals surface area contributed by atoms with Gasteiger partial charge in [0.2, 0.25) is 0 Å². The minimum absolute atomic E-state index is 0.00291. The van der Waals surface area contributed by atoms with Crippen LogP contribution in [0.2, 0.25) is 5.02 Å². The molecular weight excluding hydrogens is 454 g/mol. The summed E-state index contributed by atoms with van der Waals surface area (Å²) in [5.41, 5.74) is 3.28. The summed E-state index contributed by atoms with van der Waals surface area (Å²) in [7, 11) is 4.08. The average molecular weight is 482 g/mol. The number of carbonyl (C=O) groups is 1. The number of halogens is 1. The summed E-state index contributed by atoms with van der Waals surface area (Å²) < 4.78 is 7.74. The van der Waals surface area contributed by atoms with Crippen molar-refractivity contribution in [3.63, 3.8) is 0 Å². The van der Waals surface area contributed by atoms with Crippen molar-refractivity contribution in [3.05, 3.63) is 80.5 Å². The van der Waals surface area contributed by atoms with Gasteiger partial charge in [-0.15, -0.1) is 0 Å². The lowest BCUT2D eigenvalue weighted by molar-refractivity contribution is 0.0697. The van der Waals surface area contributed by atoms with E-state index in [9.17, 15) is 14.7 Å². The standard InChI is InChI=1S/C26H28ClN3O4/c1-16-28-23-9-8-20(29(2)3)15-22(23)25(31)30(16)11-12-34-24-10-7-19(27)14-21(24)17-5-4-6-18(13-17)26(32)33/h4-7,10,13-14,20H,8-9,11-12,15H2,1-3H3,(H,32,33). The second-order valence-electron chi connectivity index (χ2n) is 8.78. The Hall–Kier alpha value is -3.16. The van der Waals surface area contributed by atoms with E-state index in [1.807, 2.05) is 27.1 Å². The number of hydrogen-bond acceptors (Lipinski definition) is 5. The fourth-order valence-corrected chi connectivity index (χ4v) is 4.61. The lowest BCUT2D eigenvalue weighted by atomic mass is 9.92. The zero-order valence-corrected chi connectivity index (χ0v) is 20.3. The Balaban J connectivity index is 1.56. The van der Waals surface area contributed by atoms with Gasteiger partial charge >= 0.3 is 5.97 Å². The quantitative estimate of drug-likeness (QED) is 0.547. The number of rotatable bonds is 7. The van der Waals surface area contributed by atoms with Gasteiger partial charge in [0.05, 0.1) is 17.8 Å². The van der Waals surface area contributed by atoms with E-state index in [0.29, 0.717) is 46.7 Å². The number of aryl methyl sites for hydroxylation is 2. The van der Waals surface area contributed by atoms with Gasteiger partial charge in [-0.2, -0.15) is 0 Å². The molecule has 1 unspecified atom stereocenters. The molecule has 0 saturated carbocycles. The molecule has 0 radical (unpaired) electrons. The third-order valence-corrected chi connectivity index (χ3v) is 6.59. The molecule has 0 bridgehead atoms. The SMILES string of the molecule is Cc1nc2c(c(=O)n1CCOc1ccc(Cl)cc1-c1cccc(C(=O)O)c1)CC(N(C)C)CC2. The molecule has 2 aromatic carbocycles. The number of carboxylic acids is 1. The van der Waals surface area contributed by atoms with Crippen LogP contribution in [0.5, 0.6) is 5.75 Å². The molecular formula is C26H28ClN3O4. The summed E-state index contributed by atoms with van der Waals surface area (Å²) in [5, 5.41) is 9.85. The summed E-state index contributed by atoms with van der Waals surface area (Å²) in [5.74, 6) is 0.245. The first-order chi connectivity index (χ1) is 16.2. The van der Waals surface area contributed by atoms with Crippen LogP contribution in [0.25, 0.3) is 11.1 Å². The summed E-state index contributed by atoms with van der Waals surface area (Å²) in [4.78, 5) is 31.5.